The van der Waals surface area contributed by atoms with Gasteiger partial charge in [-0.05, 0) is 58.9 Å². The lowest BCUT2D eigenvalue weighted by atomic mass is 9.65. The number of aromatic nitrogens is 1. The molecule has 2 amide bonds. The first kappa shape index (κ1) is 32.8. The fourth-order valence-electron chi connectivity index (χ4n) is 7.67. The van der Waals surface area contributed by atoms with Gasteiger partial charge in [0.25, 0.3) is 5.91 Å². The normalized spacial score (nSPS) is 14.0. The highest BCUT2D eigenvalue weighted by Gasteiger charge is 2.37. The third-order valence-electron chi connectivity index (χ3n) is 10.2. The van der Waals surface area contributed by atoms with Crippen LogP contribution >= 0.6 is 0 Å². The Labute approximate surface area is 304 Å². The summed E-state index contributed by atoms with van der Waals surface area (Å²) in [6, 6.07) is 46.1. The van der Waals surface area contributed by atoms with E-state index in [9.17, 15) is 9.59 Å². The molecular weight excluding hydrogens is 641 g/mol. The van der Waals surface area contributed by atoms with Gasteiger partial charge in [-0.1, -0.05) is 140 Å². The third kappa shape index (κ3) is 6.47. The highest BCUT2D eigenvalue weighted by molar-refractivity contribution is 6.14. The number of anilines is 1. The summed E-state index contributed by atoms with van der Waals surface area (Å²) in [5.74, 6) is -0.276. The molecule has 6 heteroatoms. The monoisotopic (exact) mass is 680 g/mol. The van der Waals surface area contributed by atoms with Crippen LogP contribution in [0.4, 0.5) is 5.69 Å². The topological polar surface area (TPSA) is 86.0 Å². The van der Waals surface area contributed by atoms with Gasteiger partial charge in [0.2, 0.25) is 5.91 Å². The zero-order valence-corrected chi connectivity index (χ0v) is 28.9. The molecule has 0 atom stereocenters. The van der Waals surface area contributed by atoms with E-state index in [0.717, 1.165) is 39.8 Å². The molecule has 6 aromatic rings. The molecule has 52 heavy (non-hydrogen) atoms. The minimum Gasteiger partial charge on any atom is -0.385 e. The molecule has 256 valence electrons. The van der Waals surface area contributed by atoms with E-state index in [-0.39, 0.29) is 17.2 Å². The fourth-order valence-corrected chi connectivity index (χ4v) is 7.67. The van der Waals surface area contributed by atoms with Crippen LogP contribution in [0, 0.1) is 0 Å². The molecular formula is C46H40N4O2. The first-order chi connectivity index (χ1) is 25.6. The van der Waals surface area contributed by atoms with Crippen LogP contribution in [-0.2, 0) is 10.2 Å². The molecule has 4 N–H and O–H groups in total. The Morgan fingerprint density at radius 2 is 1.35 bits per heavy atom. The first-order valence-electron chi connectivity index (χ1n) is 17.9. The minimum absolute atomic E-state index is 0.110. The van der Waals surface area contributed by atoms with Crippen LogP contribution in [0.3, 0.4) is 0 Å². The number of hydrogen-bond acceptors (Lipinski definition) is 3. The van der Waals surface area contributed by atoms with Gasteiger partial charge < -0.3 is 20.9 Å². The SMILES string of the molecule is O=C(CCC1=CC=C(CC(c2ccccc2)(c2ccccc2)c2ccccc2)CN1)Nc1cc2c3c(c(-c4ccccc4)[nH]c3c1)C=CCNC2=O. The molecule has 0 spiro atoms. The molecule has 2 aliphatic rings. The number of carbonyl (C=O) groups excluding carboxylic acids is 2. The summed E-state index contributed by atoms with van der Waals surface area (Å²) < 4.78 is 0. The molecule has 3 heterocycles. The first-order valence-corrected chi connectivity index (χ1v) is 17.9. The van der Waals surface area contributed by atoms with Crippen molar-refractivity contribution in [2.45, 2.75) is 24.7 Å². The molecule has 6 nitrogen and oxygen atoms in total. The van der Waals surface area contributed by atoms with Crippen LogP contribution in [0.25, 0.3) is 28.2 Å². The highest BCUT2D eigenvalue weighted by Crippen LogP contribution is 2.44. The van der Waals surface area contributed by atoms with Gasteiger partial charge in [-0.2, -0.15) is 0 Å². The van der Waals surface area contributed by atoms with Crippen LogP contribution in [0.2, 0.25) is 0 Å². The summed E-state index contributed by atoms with van der Waals surface area (Å²) in [5.41, 5.74) is 10.6. The van der Waals surface area contributed by atoms with Crippen molar-refractivity contribution in [2.75, 3.05) is 18.4 Å². The van der Waals surface area contributed by atoms with Gasteiger partial charge in [-0.25, -0.2) is 0 Å². The Balaban J connectivity index is 1.01. The summed E-state index contributed by atoms with van der Waals surface area (Å²) in [6.07, 6.45) is 10.0. The van der Waals surface area contributed by atoms with Gasteiger partial charge in [0, 0.05) is 52.8 Å². The Morgan fingerprint density at radius 1 is 0.731 bits per heavy atom. The summed E-state index contributed by atoms with van der Waals surface area (Å²) in [6.45, 7) is 1.13. The van der Waals surface area contributed by atoms with Gasteiger partial charge in [0.05, 0.1) is 11.3 Å². The van der Waals surface area contributed by atoms with E-state index in [1.807, 2.05) is 30.3 Å². The van der Waals surface area contributed by atoms with Crippen LogP contribution in [0.5, 0.6) is 0 Å². The highest BCUT2D eigenvalue weighted by atomic mass is 16.2. The molecule has 8 rings (SSSR count). The summed E-state index contributed by atoms with van der Waals surface area (Å²) in [4.78, 5) is 30.1. The van der Waals surface area contributed by atoms with Crippen molar-refractivity contribution in [3.05, 3.63) is 191 Å². The van der Waals surface area contributed by atoms with E-state index < -0.39 is 0 Å². The lowest BCUT2D eigenvalue weighted by Gasteiger charge is -2.37. The molecule has 5 aromatic carbocycles. The largest absolute Gasteiger partial charge is 0.385 e. The van der Waals surface area contributed by atoms with E-state index in [4.69, 9.17) is 0 Å². The fraction of sp³-hybridized carbons (Fsp3) is 0.130. The van der Waals surface area contributed by atoms with E-state index in [1.54, 1.807) is 6.07 Å². The number of aromatic amines is 1. The molecule has 2 aliphatic heterocycles. The lowest BCUT2D eigenvalue weighted by Crippen LogP contribution is -2.32. The Bertz CT molecular complexity index is 2230. The second-order valence-corrected chi connectivity index (χ2v) is 13.4. The molecule has 0 bridgehead atoms. The van der Waals surface area contributed by atoms with Crippen molar-refractivity contribution in [3.8, 4) is 11.3 Å². The van der Waals surface area contributed by atoms with Gasteiger partial charge in [-0.3, -0.25) is 9.59 Å². The maximum atomic E-state index is 13.3. The summed E-state index contributed by atoms with van der Waals surface area (Å²) in [5, 5.41) is 10.5. The second kappa shape index (κ2) is 14.4. The zero-order valence-electron chi connectivity index (χ0n) is 28.9. The molecule has 1 aromatic heterocycles. The van der Waals surface area contributed by atoms with Gasteiger partial charge >= 0.3 is 0 Å². The number of dihydropyridines is 1. The molecule has 0 radical (unpaired) electrons. The number of benzene rings is 5. The van der Waals surface area contributed by atoms with Crippen molar-refractivity contribution < 1.29 is 9.59 Å². The Kier molecular flexibility index (Phi) is 9.11. The van der Waals surface area contributed by atoms with Crippen molar-refractivity contribution in [2.24, 2.45) is 0 Å². The van der Waals surface area contributed by atoms with Crippen LogP contribution < -0.4 is 16.0 Å². The molecule has 0 saturated carbocycles. The maximum absolute atomic E-state index is 13.3. The Hall–Kier alpha value is -6.40. The molecule has 0 saturated heterocycles. The number of carbonyl (C=O) groups is 2. The van der Waals surface area contributed by atoms with Gasteiger partial charge in [0.15, 0.2) is 0 Å². The average molecular weight is 681 g/mol. The van der Waals surface area contributed by atoms with Gasteiger partial charge in [-0.15, -0.1) is 0 Å². The van der Waals surface area contributed by atoms with Crippen molar-refractivity contribution in [3.63, 3.8) is 0 Å². The van der Waals surface area contributed by atoms with Crippen LogP contribution in [-0.4, -0.2) is 29.9 Å². The lowest BCUT2D eigenvalue weighted by molar-refractivity contribution is -0.116. The molecule has 0 unspecified atom stereocenters. The predicted octanol–water partition coefficient (Wildman–Crippen LogP) is 9.15. The average Bonchev–Trinajstić information content (AvgIpc) is 3.56. The maximum Gasteiger partial charge on any atom is 0.252 e. The van der Waals surface area contributed by atoms with Crippen molar-refractivity contribution >= 4 is 34.5 Å². The molecule has 0 aliphatic carbocycles. The van der Waals surface area contributed by atoms with Gasteiger partial charge in [0.1, 0.15) is 0 Å². The minimum atomic E-state index is -0.365. The van der Waals surface area contributed by atoms with Crippen LogP contribution in [0.15, 0.2) is 163 Å². The van der Waals surface area contributed by atoms with E-state index in [1.165, 1.54) is 22.3 Å². The molecule has 0 fully saturated rings. The number of allylic oxidation sites excluding steroid dienone is 3. The van der Waals surface area contributed by atoms with E-state index in [2.05, 4.69) is 142 Å². The number of amides is 2. The predicted molar refractivity (Wildman–Crippen MR) is 211 cm³/mol. The van der Waals surface area contributed by atoms with Crippen LogP contribution in [0.1, 0.15) is 51.9 Å². The number of nitrogens with one attached hydrogen (secondary N) is 4. The zero-order chi connectivity index (χ0) is 35.3. The van der Waals surface area contributed by atoms with E-state index in [0.29, 0.717) is 37.2 Å². The third-order valence-corrected chi connectivity index (χ3v) is 10.2. The number of hydrogen-bond donors (Lipinski definition) is 4. The summed E-state index contributed by atoms with van der Waals surface area (Å²) in [7, 11) is 0. The Morgan fingerprint density at radius 3 is 1.94 bits per heavy atom. The second-order valence-electron chi connectivity index (χ2n) is 13.4. The number of rotatable bonds is 10. The van der Waals surface area contributed by atoms with Crippen molar-refractivity contribution in [1.82, 2.24) is 15.6 Å². The summed E-state index contributed by atoms with van der Waals surface area (Å²) >= 11 is 0. The quantitative estimate of drug-likeness (QED) is 0.109. The van der Waals surface area contributed by atoms with Crippen molar-refractivity contribution in [1.29, 1.82) is 0 Å². The van der Waals surface area contributed by atoms with E-state index >= 15 is 0 Å². The standard InChI is InChI=1S/C46H40N4O2/c51-42(49-38-28-40-43-39(22-13-27-47-45(40)52)44(50-41(43)29-38)33-14-5-1-6-15-33)26-25-37-24-23-32(31-48-37)30-46(34-16-7-2-8-17-34,35-18-9-3-10-19-35)36-20-11-4-12-21-36/h1-24,28-29,48,50H,25-27,30-31H2,(H,47,52)(H,49,51). The smallest absolute Gasteiger partial charge is 0.252 e. The number of H-pyrrole nitrogens is 1.